The molecule has 2 rings (SSSR count). The van der Waals surface area contributed by atoms with Crippen LogP contribution in [0.25, 0.3) is 0 Å². The molecular formula is C15H18ClN3O2. The molecule has 0 spiro atoms. The molecule has 0 saturated carbocycles. The summed E-state index contributed by atoms with van der Waals surface area (Å²) in [7, 11) is 0. The van der Waals surface area contributed by atoms with Gasteiger partial charge in [-0.25, -0.2) is 0 Å². The van der Waals surface area contributed by atoms with Gasteiger partial charge < -0.3 is 15.2 Å². The molecule has 0 aliphatic heterocycles. The maximum atomic E-state index is 11.4. The Bertz CT molecular complexity index is 633. The third kappa shape index (κ3) is 3.76. The molecule has 0 radical (unpaired) electrons. The van der Waals surface area contributed by atoms with Crippen LogP contribution in [0.3, 0.4) is 0 Å². The molecule has 0 unspecified atom stereocenters. The Balaban J connectivity index is 2.12. The number of nitrogens with one attached hydrogen (secondary N) is 2. The molecule has 0 aliphatic carbocycles. The molecule has 2 aromatic rings. The van der Waals surface area contributed by atoms with E-state index in [2.05, 4.69) is 15.8 Å². The van der Waals surface area contributed by atoms with Crippen molar-refractivity contribution < 1.29 is 9.32 Å². The van der Waals surface area contributed by atoms with Crippen LogP contribution in [-0.4, -0.2) is 11.1 Å². The van der Waals surface area contributed by atoms with Crippen LogP contribution in [0.5, 0.6) is 0 Å². The van der Waals surface area contributed by atoms with Crippen molar-refractivity contribution in [2.45, 2.75) is 33.7 Å². The quantitative estimate of drug-likeness (QED) is 0.879. The average molecular weight is 308 g/mol. The number of halogens is 1. The number of nitrogens with zero attached hydrogens (tertiary/aromatic N) is 1. The zero-order valence-electron chi connectivity index (χ0n) is 12.3. The molecule has 0 atom stereocenters. The first-order valence-corrected chi connectivity index (χ1v) is 7.14. The summed E-state index contributed by atoms with van der Waals surface area (Å²) in [6.07, 6.45) is 0.435. The third-order valence-corrected chi connectivity index (χ3v) is 3.54. The molecule has 21 heavy (non-hydrogen) atoms. The van der Waals surface area contributed by atoms with Crippen LogP contribution >= 0.6 is 11.6 Å². The molecule has 5 nitrogen and oxygen atoms in total. The first-order valence-electron chi connectivity index (χ1n) is 6.76. The number of rotatable bonds is 5. The molecular weight excluding hydrogens is 290 g/mol. The fraction of sp³-hybridized carbons (Fsp3) is 0.333. The van der Waals surface area contributed by atoms with Gasteiger partial charge in [-0.3, -0.25) is 4.79 Å². The van der Waals surface area contributed by atoms with Crippen molar-refractivity contribution >= 4 is 28.9 Å². The minimum absolute atomic E-state index is 0.0333. The van der Waals surface area contributed by atoms with Crippen molar-refractivity contribution in [1.29, 1.82) is 0 Å². The predicted octanol–water partition coefficient (Wildman–Crippen LogP) is 3.91. The molecule has 112 valence electrons. The van der Waals surface area contributed by atoms with E-state index in [1.165, 1.54) is 0 Å². The van der Waals surface area contributed by atoms with Gasteiger partial charge in [-0.15, -0.1) is 0 Å². The number of carbonyl (C=O) groups is 1. The zero-order valence-corrected chi connectivity index (χ0v) is 13.0. The number of anilines is 2. The number of benzene rings is 1. The lowest BCUT2D eigenvalue weighted by Gasteiger charge is -2.11. The minimum atomic E-state index is -0.0333. The van der Waals surface area contributed by atoms with E-state index in [9.17, 15) is 4.79 Å². The summed E-state index contributed by atoms with van der Waals surface area (Å²) in [5.41, 5.74) is 3.33. The average Bonchev–Trinajstić information content (AvgIpc) is 2.78. The van der Waals surface area contributed by atoms with Crippen LogP contribution in [-0.2, 0) is 11.3 Å². The Kier molecular flexibility index (Phi) is 4.85. The van der Waals surface area contributed by atoms with Crippen LogP contribution in [0.1, 0.15) is 30.4 Å². The van der Waals surface area contributed by atoms with E-state index in [0.717, 1.165) is 22.7 Å². The first-order chi connectivity index (χ1) is 10.0. The van der Waals surface area contributed by atoms with Crippen molar-refractivity contribution in [3.05, 3.63) is 40.2 Å². The molecule has 0 saturated heterocycles. The van der Waals surface area contributed by atoms with E-state index in [1.807, 2.05) is 26.8 Å². The van der Waals surface area contributed by atoms with E-state index in [-0.39, 0.29) is 5.91 Å². The molecule has 0 fully saturated rings. The first kappa shape index (κ1) is 15.4. The summed E-state index contributed by atoms with van der Waals surface area (Å²) in [4.78, 5) is 11.4. The van der Waals surface area contributed by atoms with Crippen LogP contribution in [0.2, 0.25) is 5.02 Å². The minimum Gasteiger partial charge on any atom is -0.379 e. The largest absolute Gasteiger partial charge is 0.379 e. The fourth-order valence-corrected chi connectivity index (χ4v) is 2.11. The summed E-state index contributed by atoms with van der Waals surface area (Å²) in [5, 5.41) is 10.6. The number of aryl methyl sites for hydroxylation is 2. The number of amides is 1. The monoisotopic (exact) mass is 307 g/mol. The Morgan fingerprint density at radius 2 is 2.14 bits per heavy atom. The maximum Gasteiger partial charge on any atom is 0.224 e. The fourth-order valence-electron chi connectivity index (χ4n) is 1.93. The highest BCUT2D eigenvalue weighted by molar-refractivity contribution is 6.33. The van der Waals surface area contributed by atoms with E-state index < -0.39 is 0 Å². The molecule has 1 heterocycles. The molecule has 1 amide bonds. The highest BCUT2D eigenvalue weighted by Crippen LogP contribution is 2.26. The summed E-state index contributed by atoms with van der Waals surface area (Å²) in [5.74, 6) is 0.751. The second kappa shape index (κ2) is 6.63. The van der Waals surface area contributed by atoms with Crippen molar-refractivity contribution in [3.63, 3.8) is 0 Å². The highest BCUT2D eigenvalue weighted by atomic mass is 35.5. The summed E-state index contributed by atoms with van der Waals surface area (Å²) in [6, 6.07) is 5.34. The SMILES string of the molecule is CCC(=O)Nc1ccc(Cl)c(NCc2c(C)noc2C)c1. The van der Waals surface area contributed by atoms with Crippen LogP contribution in [0.4, 0.5) is 11.4 Å². The lowest BCUT2D eigenvalue weighted by molar-refractivity contribution is -0.115. The van der Waals surface area contributed by atoms with Gasteiger partial charge in [0.25, 0.3) is 0 Å². The highest BCUT2D eigenvalue weighted by Gasteiger charge is 2.10. The standard InChI is InChI=1S/C15H18ClN3O2/c1-4-15(20)18-11-5-6-13(16)14(7-11)17-8-12-9(2)19-21-10(12)3/h5-7,17H,4,8H2,1-3H3,(H,18,20). The second-order valence-corrected chi connectivity index (χ2v) is 5.16. The van der Waals surface area contributed by atoms with Gasteiger partial charge in [0, 0.05) is 24.2 Å². The topological polar surface area (TPSA) is 67.2 Å². The molecule has 1 aromatic carbocycles. The van der Waals surface area contributed by atoms with Crippen LogP contribution in [0, 0.1) is 13.8 Å². The lowest BCUT2D eigenvalue weighted by Crippen LogP contribution is -2.10. The smallest absolute Gasteiger partial charge is 0.224 e. The van der Waals surface area contributed by atoms with Crippen molar-refractivity contribution in [2.75, 3.05) is 10.6 Å². The van der Waals surface area contributed by atoms with Crippen LogP contribution < -0.4 is 10.6 Å². The van der Waals surface area contributed by atoms with Gasteiger partial charge >= 0.3 is 0 Å². The third-order valence-electron chi connectivity index (χ3n) is 3.21. The lowest BCUT2D eigenvalue weighted by atomic mass is 10.2. The molecule has 2 N–H and O–H groups in total. The summed E-state index contributed by atoms with van der Waals surface area (Å²) < 4.78 is 5.12. The zero-order chi connectivity index (χ0) is 15.4. The normalized spacial score (nSPS) is 10.5. The maximum absolute atomic E-state index is 11.4. The van der Waals surface area contributed by atoms with Gasteiger partial charge in [0.1, 0.15) is 5.76 Å². The molecule has 1 aromatic heterocycles. The number of carbonyl (C=O) groups excluding carboxylic acids is 1. The van der Waals surface area contributed by atoms with E-state index >= 15 is 0 Å². The van der Waals surface area contributed by atoms with E-state index in [1.54, 1.807) is 12.1 Å². The Morgan fingerprint density at radius 1 is 1.38 bits per heavy atom. The number of aromatic nitrogens is 1. The predicted molar refractivity (Wildman–Crippen MR) is 83.7 cm³/mol. The van der Waals surface area contributed by atoms with Crippen molar-refractivity contribution in [2.24, 2.45) is 0 Å². The summed E-state index contributed by atoms with van der Waals surface area (Å²) >= 11 is 6.17. The van der Waals surface area contributed by atoms with Crippen molar-refractivity contribution in [3.8, 4) is 0 Å². The van der Waals surface area contributed by atoms with Gasteiger partial charge in [-0.1, -0.05) is 23.7 Å². The van der Waals surface area contributed by atoms with Gasteiger partial charge in [0.2, 0.25) is 5.91 Å². The van der Waals surface area contributed by atoms with E-state index in [4.69, 9.17) is 16.1 Å². The molecule has 0 aliphatic rings. The number of hydrogen-bond donors (Lipinski definition) is 2. The summed E-state index contributed by atoms with van der Waals surface area (Å²) in [6.45, 7) is 6.14. The van der Waals surface area contributed by atoms with E-state index in [0.29, 0.717) is 23.7 Å². The van der Waals surface area contributed by atoms with Gasteiger partial charge in [0.15, 0.2) is 0 Å². The van der Waals surface area contributed by atoms with Gasteiger partial charge in [-0.05, 0) is 32.0 Å². The number of hydrogen-bond acceptors (Lipinski definition) is 4. The van der Waals surface area contributed by atoms with Crippen LogP contribution in [0.15, 0.2) is 22.7 Å². The van der Waals surface area contributed by atoms with Crippen molar-refractivity contribution in [1.82, 2.24) is 5.16 Å². The molecule has 6 heteroatoms. The Morgan fingerprint density at radius 3 is 2.76 bits per heavy atom. The Hall–Kier alpha value is -2.01. The molecule has 0 bridgehead atoms. The second-order valence-electron chi connectivity index (χ2n) is 4.75. The Labute approximate surface area is 128 Å². The van der Waals surface area contributed by atoms with Gasteiger partial charge in [0.05, 0.1) is 16.4 Å². The van der Waals surface area contributed by atoms with Gasteiger partial charge in [-0.2, -0.15) is 0 Å².